The molecule has 0 amide bonds. The van der Waals surface area contributed by atoms with Gasteiger partial charge in [0.05, 0.1) is 11.3 Å². The molecule has 0 radical (unpaired) electrons. The topological polar surface area (TPSA) is 26.7 Å². The lowest BCUT2D eigenvalue weighted by Crippen LogP contribution is -2.46. The average Bonchev–Trinajstić information content (AvgIpc) is 2.57. The largest absolute Gasteiger partial charge is 0.390 e. The lowest BCUT2D eigenvalue weighted by Gasteiger charge is -2.43. The molecule has 1 saturated heterocycles. The second-order valence-corrected chi connectivity index (χ2v) is 9.09. The summed E-state index contributed by atoms with van der Waals surface area (Å²) in [6.45, 7) is 8.86. The molecule has 0 bridgehead atoms. The van der Waals surface area contributed by atoms with Crippen molar-refractivity contribution in [2.24, 2.45) is 11.8 Å². The molecule has 0 spiro atoms. The van der Waals surface area contributed by atoms with Crippen LogP contribution in [0.15, 0.2) is 18.2 Å². The van der Waals surface area contributed by atoms with Gasteiger partial charge < -0.3 is 14.9 Å². The van der Waals surface area contributed by atoms with Crippen molar-refractivity contribution in [1.82, 2.24) is 0 Å². The molecule has 2 heterocycles. The van der Waals surface area contributed by atoms with Crippen LogP contribution in [0.2, 0.25) is 0 Å². The van der Waals surface area contributed by atoms with Crippen LogP contribution in [0.5, 0.6) is 0 Å². The minimum Gasteiger partial charge on any atom is -0.390 e. The van der Waals surface area contributed by atoms with Gasteiger partial charge in [0.1, 0.15) is 5.82 Å². The third kappa shape index (κ3) is 3.24. The predicted octanol–water partition coefficient (Wildman–Crippen LogP) is 4.44. The Labute approximate surface area is 156 Å². The number of rotatable bonds is 3. The van der Waals surface area contributed by atoms with E-state index in [1.54, 1.807) is 6.07 Å². The van der Waals surface area contributed by atoms with E-state index in [9.17, 15) is 9.50 Å². The normalized spacial score (nSPS) is 26.7. The van der Waals surface area contributed by atoms with E-state index in [0.29, 0.717) is 17.9 Å². The summed E-state index contributed by atoms with van der Waals surface area (Å²) in [4.78, 5) is 4.62. The van der Waals surface area contributed by atoms with E-state index in [1.165, 1.54) is 5.69 Å². The Morgan fingerprint density at radius 2 is 1.77 bits per heavy atom. The van der Waals surface area contributed by atoms with Crippen molar-refractivity contribution in [3.8, 4) is 0 Å². The molecular formula is C22H31FN2O. The van der Waals surface area contributed by atoms with E-state index >= 15 is 0 Å². The third-order valence-electron chi connectivity index (χ3n) is 6.55. The number of fused-ring (bicyclic) bond motifs is 1. The minimum absolute atomic E-state index is 0.104. The van der Waals surface area contributed by atoms with Gasteiger partial charge in [0.15, 0.2) is 0 Å². The molecule has 2 fully saturated rings. The third-order valence-corrected chi connectivity index (χ3v) is 6.55. The molecular weight excluding hydrogens is 327 g/mol. The van der Waals surface area contributed by atoms with Crippen LogP contribution in [0.4, 0.5) is 15.8 Å². The first kappa shape index (κ1) is 17.8. The number of hydrogen-bond donors (Lipinski definition) is 1. The first-order valence-corrected chi connectivity index (χ1v) is 10.1. The molecule has 26 heavy (non-hydrogen) atoms. The fourth-order valence-corrected chi connectivity index (χ4v) is 4.92. The molecule has 1 aromatic carbocycles. The Morgan fingerprint density at radius 1 is 1.08 bits per heavy atom. The van der Waals surface area contributed by atoms with Gasteiger partial charge in [-0.3, -0.25) is 0 Å². The zero-order valence-electron chi connectivity index (χ0n) is 16.2. The number of halogens is 1. The number of anilines is 2. The Hall–Kier alpha value is -1.55. The summed E-state index contributed by atoms with van der Waals surface area (Å²) >= 11 is 0. The Balaban J connectivity index is 1.55. The van der Waals surface area contributed by atoms with Crippen molar-refractivity contribution in [3.05, 3.63) is 29.6 Å². The Kier molecular flexibility index (Phi) is 4.50. The monoisotopic (exact) mass is 358 g/mol. The van der Waals surface area contributed by atoms with Gasteiger partial charge in [-0.25, -0.2) is 4.39 Å². The molecule has 0 unspecified atom stereocenters. The van der Waals surface area contributed by atoms with Crippen molar-refractivity contribution in [2.45, 2.75) is 58.1 Å². The summed E-state index contributed by atoms with van der Waals surface area (Å²) in [5.41, 5.74) is 2.34. The summed E-state index contributed by atoms with van der Waals surface area (Å²) in [6.07, 6.45) is 8.50. The van der Waals surface area contributed by atoms with Crippen LogP contribution in [0.25, 0.3) is 6.08 Å². The van der Waals surface area contributed by atoms with Gasteiger partial charge in [0.25, 0.3) is 0 Å². The molecule has 0 atom stereocenters. The maximum absolute atomic E-state index is 14.6. The van der Waals surface area contributed by atoms with Crippen molar-refractivity contribution in [1.29, 1.82) is 0 Å². The lowest BCUT2D eigenvalue weighted by molar-refractivity contribution is -0.00149. The SMILES string of the molecule is CC1CN(c2cc3c(cc2F)C=CCN3C2CCC(C(C)(C)O)CC2)C1. The molecule has 3 aliphatic rings. The highest BCUT2D eigenvalue weighted by atomic mass is 19.1. The van der Waals surface area contributed by atoms with Gasteiger partial charge in [-0.1, -0.05) is 19.1 Å². The number of nitrogens with zero attached hydrogens (tertiary/aromatic N) is 2. The maximum Gasteiger partial charge on any atom is 0.147 e. The first-order chi connectivity index (χ1) is 12.3. The van der Waals surface area contributed by atoms with E-state index in [-0.39, 0.29) is 5.82 Å². The Bertz CT molecular complexity index is 695. The van der Waals surface area contributed by atoms with E-state index < -0.39 is 5.60 Å². The minimum atomic E-state index is -0.588. The predicted molar refractivity (Wildman–Crippen MR) is 106 cm³/mol. The zero-order valence-corrected chi connectivity index (χ0v) is 16.2. The molecule has 0 aromatic heterocycles. The summed E-state index contributed by atoms with van der Waals surface area (Å²) in [5.74, 6) is 0.927. The fraction of sp³-hybridized carbons (Fsp3) is 0.636. The van der Waals surface area contributed by atoms with Crippen LogP contribution in [0.3, 0.4) is 0 Å². The van der Waals surface area contributed by atoms with E-state index in [0.717, 1.165) is 56.6 Å². The summed E-state index contributed by atoms with van der Waals surface area (Å²) in [7, 11) is 0. The molecule has 4 rings (SSSR count). The molecule has 4 heteroatoms. The van der Waals surface area contributed by atoms with Crippen LogP contribution in [-0.2, 0) is 0 Å². The molecule has 1 aromatic rings. The summed E-state index contributed by atoms with van der Waals surface area (Å²) < 4.78 is 14.6. The molecule has 1 aliphatic carbocycles. The highest BCUT2D eigenvalue weighted by molar-refractivity contribution is 5.76. The van der Waals surface area contributed by atoms with Crippen LogP contribution in [-0.4, -0.2) is 36.4 Å². The number of hydrogen-bond acceptors (Lipinski definition) is 3. The second-order valence-electron chi connectivity index (χ2n) is 9.09. The summed E-state index contributed by atoms with van der Waals surface area (Å²) in [6, 6.07) is 4.26. The standard InChI is InChI=1S/C22H31FN2O/c1-15-13-24(14-15)21-12-20-16(11-19(21)23)5-4-10-25(20)18-8-6-17(7-9-18)22(2,3)26/h4-5,11-12,15,17-18,26H,6-10,13-14H2,1-3H3. The van der Waals surface area contributed by atoms with Gasteiger partial charge >= 0.3 is 0 Å². The molecule has 3 nitrogen and oxygen atoms in total. The van der Waals surface area contributed by atoms with Gasteiger partial charge in [-0.2, -0.15) is 0 Å². The first-order valence-electron chi connectivity index (χ1n) is 10.1. The van der Waals surface area contributed by atoms with Gasteiger partial charge in [0, 0.05) is 36.9 Å². The molecule has 1 saturated carbocycles. The van der Waals surface area contributed by atoms with E-state index in [1.807, 2.05) is 13.8 Å². The highest BCUT2D eigenvalue weighted by Gasteiger charge is 2.34. The summed E-state index contributed by atoms with van der Waals surface area (Å²) in [5, 5.41) is 10.3. The average molecular weight is 359 g/mol. The van der Waals surface area contributed by atoms with Crippen LogP contribution in [0.1, 0.15) is 52.0 Å². The zero-order chi connectivity index (χ0) is 18.5. The smallest absolute Gasteiger partial charge is 0.147 e. The molecule has 142 valence electrons. The maximum atomic E-state index is 14.6. The van der Waals surface area contributed by atoms with Crippen molar-refractivity contribution >= 4 is 17.5 Å². The van der Waals surface area contributed by atoms with Gasteiger partial charge in [-0.05, 0) is 63.5 Å². The Morgan fingerprint density at radius 3 is 2.38 bits per heavy atom. The van der Waals surface area contributed by atoms with Crippen LogP contribution in [0, 0.1) is 17.7 Å². The number of aliphatic hydroxyl groups is 1. The van der Waals surface area contributed by atoms with Crippen LogP contribution < -0.4 is 9.80 Å². The molecule has 2 aliphatic heterocycles. The van der Waals surface area contributed by atoms with E-state index in [2.05, 4.69) is 34.9 Å². The van der Waals surface area contributed by atoms with E-state index in [4.69, 9.17) is 0 Å². The van der Waals surface area contributed by atoms with Crippen LogP contribution >= 0.6 is 0 Å². The quantitative estimate of drug-likeness (QED) is 0.865. The van der Waals surface area contributed by atoms with Crippen molar-refractivity contribution in [2.75, 3.05) is 29.4 Å². The number of benzene rings is 1. The second kappa shape index (κ2) is 6.56. The van der Waals surface area contributed by atoms with Crippen molar-refractivity contribution < 1.29 is 9.50 Å². The lowest BCUT2D eigenvalue weighted by atomic mass is 9.76. The highest BCUT2D eigenvalue weighted by Crippen LogP contribution is 2.40. The molecule has 1 N–H and O–H groups in total. The van der Waals surface area contributed by atoms with Crippen molar-refractivity contribution in [3.63, 3.8) is 0 Å². The van der Waals surface area contributed by atoms with Gasteiger partial charge in [0.2, 0.25) is 0 Å². The fourth-order valence-electron chi connectivity index (χ4n) is 4.92. The van der Waals surface area contributed by atoms with Gasteiger partial charge in [-0.15, -0.1) is 0 Å².